The third kappa shape index (κ3) is 6.87. The van der Waals surface area contributed by atoms with Gasteiger partial charge in [-0.05, 0) is 93.0 Å². The third-order valence-corrected chi connectivity index (χ3v) is 9.97. The maximum Gasteiger partial charge on any atom is 0.264 e. The highest BCUT2D eigenvalue weighted by molar-refractivity contribution is 7.92. The van der Waals surface area contributed by atoms with Crippen LogP contribution in [-0.4, -0.2) is 48.4 Å². The standard InChI is InChI=1S/C34H44N4O4S.H2/c1-21-16-25(17-21)14-15-38-27(19-34(5,6)7)20-42-31-24(4)30(29-22(2)10-8-11-23(29)3)35-33(36-31)37-43(40,41)28-13-9-12-26(18-28)32(38)39;/h8-13,18,21,25,27H,14-17,19-20H2,1-7H3,(H,35,36,37);1H/t21?,25?,27-;/m1./s1. The van der Waals surface area contributed by atoms with Gasteiger partial charge in [0.25, 0.3) is 15.9 Å². The lowest BCUT2D eigenvalue weighted by molar-refractivity contribution is 0.0490. The highest BCUT2D eigenvalue weighted by Gasteiger charge is 2.33. The predicted octanol–water partition coefficient (Wildman–Crippen LogP) is 7.19. The Morgan fingerprint density at radius 3 is 2.37 bits per heavy atom. The van der Waals surface area contributed by atoms with Gasteiger partial charge in [0.2, 0.25) is 11.8 Å². The van der Waals surface area contributed by atoms with Crippen molar-refractivity contribution in [2.45, 2.75) is 85.1 Å². The fourth-order valence-electron chi connectivity index (χ4n) is 6.47. The molecule has 232 valence electrons. The second-order valence-corrected chi connectivity index (χ2v) is 15.4. The molecule has 1 atom stereocenters. The van der Waals surface area contributed by atoms with Crippen LogP contribution in [0.4, 0.5) is 5.95 Å². The molecule has 5 rings (SSSR count). The fraction of sp³-hybridized carbons (Fsp3) is 0.500. The monoisotopic (exact) mass is 606 g/mol. The zero-order valence-corrected chi connectivity index (χ0v) is 27.2. The quantitative estimate of drug-likeness (QED) is 0.330. The summed E-state index contributed by atoms with van der Waals surface area (Å²) in [5.41, 5.74) is 4.51. The van der Waals surface area contributed by atoms with E-state index in [1.54, 1.807) is 12.1 Å². The minimum absolute atomic E-state index is 0. The number of amides is 1. The summed E-state index contributed by atoms with van der Waals surface area (Å²) >= 11 is 0. The number of aryl methyl sites for hydroxylation is 2. The van der Waals surface area contributed by atoms with Gasteiger partial charge in [-0.3, -0.25) is 4.79 Å². The van der Waals surface area contributed by atoms with Gasteiger partial charge in [0, 0.05) is 24.7 Å². The lowest BCUT2D eigenvalue weighted by Crippen LogP contribution is -2.47. The molecule has 0 unspecified atom stereocenters. The van der Waals surface area contributed by atoms with Crippen molar-refractivity contribution in [2.75, 3.05) is 17.9 Å². The maximum atomic E-state index is 14.2. The molecule has 0 spiro atoms. The number of carbonyl (C=O) groups is 1. The Hall–Kier alpha value is -3.46. The molecule has 0 saturated heterocycles. The first kappa shape index (κ1) is 31.0. The lowest BCUT2D eigenvalue weighted by Gasteiger charge is -2.39. The first-order valence-electron chi connectivity index (χ1n) is 15.2. The highest BCUT2D eigenvalue weighted by Crippen LogP contribution is 2.37. The molecule has 0 radical (unpaired) electrons. The number of nitrogens with one attached hydrogen (secondary N) is 1. The van der Waals surface area contributed by atoms with E-state index in [-0.39, 0.29) is 36.2 Å². The number of aromatic nitrogens is 2. The van der Waals surface area contributed by atoms with Crippen LogP contribution in [0, 0.1) is 38.0 Å². The Kier molecular flexibility index (Phi) is 8.58. The van der Waals surface area contributed by atoms with Crippen LogP contribution < -0.4 is 9.46 Å². The van der Waals surface area contributed by atoms with Gasteiger partial charge in [-0.1, -0.05) is 52.0 Å². The fourth-order valence-corrected chi connectivity index (χ4v) is 7.46. The number of nitrogens with zero attached hydrogens (tertiary/aromatic N) is 3. The number of hydrogen-bond acceptors (Lipinski definition) is 6. The number of fused-ring (bicyclic) bond motifs is 4. The number of ether oxygens (including phenoxy) is 1. The molecular weight excluding hydrogens is 560 g/mol. The van der Waals surface area contributed by atoms with Crippen molar-refractivity contribution in [1.82, 2.24) is 14.9 Å². The number of rotatable bonds is 5. The zero-order chi connectivity index (χ0) is 31.1. The molecular formula is C34H46N4O4S. The Bertz CT molecular complexity index is 1610. The summed E-state index contributed by atoms with van der Waals surface area (Å²) in [6.45, 7) is 15.5. The van der Waals surface area contributed by atoms with Gasteiger partial charge in [-0.25, -0.2) is 18.1 Å². The molecule has 9 heteroatoms. The van der Waals surface area contributed by atoms with Crippen LogP contribution in [0.25, 0.3) is 11.3 Å². The molecule has 8 nitrogen and oxygen atoms in total. The van der Waals surface area contributed by atoms with Crippen LogP contribution in [0.5, 0.6) is 5.88 Å². The summed E-state index contributed by atoms with van der Waals surface area (Å²) in [6.07, 6.45) is 3.96. The molecule has 1 aromatic heterocycles. The van der Waals surface area contributed by atoms with Crippen molar-refractivity contribution < 1.29 is 19.4 Å². The average molecular weight is 607 g/mol. The van der Waals surface area contributed by atoms with Crippen LogP contribution in [0.3, 0.4) is 0 Å². The molecule has 43 heavy (non-hydrogen) atoms. The van der Waals surface area contributed by atoms with E-state index in [9.17, 15) is 13.2 Å². The van der Waals surface area contributed by atoms with E-state index in [4.69, 9.17) is 9.72 Å². The van der Waals surface area contributed by atoms with Gasteiger partial charge in [-0.2, -0.15) is 4.98 Å². The number of benzene rings is 2. The molecule has 1 saturated carbocycles. The van der Waals surface area contributed by atoms with Crippen molar-refractivity contribution in [2.24, 2.45) is 17.3 Å². The Labute approximate surface area is 257 Å². The molecule has 3 aromatic rings. The molecule has 2 aromatic carbocycles. The summed E-state index contributed by atoms with van der Waals surface area (Å²) in [7, 11) is -4.10. The predicted molar refractivity (Wildman–Crippen MR) is 172 cm³/mol. The van der Waals surface area contributed by atoms with Crippen LogP contribution in [0.15, 0.2) is 47.4 Å². The summed E-state index contributed by atoms with van der Waals surface area (Å²) in [6, 6.07) is 12.0. The number of anilines is 1. The van der Waals surface area contributed by atoms with Crippen molar-refractivity contribution in [3.63, 3.8) is 0 Å². The van der Waals surface area contributed by atoms with Crippen molar-refractivity contribution >= 4 is 21.9 Å². The first-order valence-corrected chi connectivity index (χ1v) is 16.7. The van der Waals surface area contributed by atoms with E-state index in [0.717, 1.165) is 29.0 Å². The van der Waals surface area contributed by atoms with Gasteiger partial charge >= 0.3 is 0 Å². The summed E-state index contributed by atoms with van der Waals surface area (Å²) < 4.78 is 36.3. The normalized spacial score (nSPS) is 21.9. The van der Waals surface area contributed by atoms with Gasteiger partial charge in [0.15, 0.2) is 0 Å². The maximum absolute atomic E-state index is 14.2. The van der Waals surface area contributed by atoms with Crippen LogP contribution in [0.2, 0.25) is 0 Å². The Morgan fingerprint density at radius 2 is 1.72 bits per heavy atom. The molecule has 1 N–H and O–H groups in total. The number of hydrogen-bond donors (Lipinski definition) is 1. The Morgan fingerprint density at radius 1 is 1.05 bits per heavy atom. The average Bonchev–Trinajstić information content (AvgIpc) is 2.91. The summed E-state index contributed by atoms with van der Waals surface area (Å²) in [5, 5.41) is 0. The minimum atomic E-state index is -4.10. The van der Waals surface area contributed by atoms with Gasteiger partial charge < -0.3 is 9.64 Å². The second-order valence-electron chi connectivity index (χ2n) is 13.7. The van der Waals surface area contributed by atoms with Gasteiger partial charge in [-0.15, -0.1) is 0 Å². The van der Waals surface area contributed by atoms with Crippen LogP contribution in [0.1, 0.15) is 81.9 Å². The number of carbonyl (C=O) groups excluding carboxylic acids is 1. The smallest absolute Gasteiger partial charge is 0.264 e. The SMILES string of the molecule is Cc1cccc(C)c1-c1nc2nc(c1C)OC[C@@H](CC(C)(C)C)N(CCC1CC(C)C1)C(=O)c1cccc(c1)S(=O)(=O)N2.[HH]. The third-order valence-electron chi connectivity index (χ3n) is 8.65. The van der Waals surface area contributed by atoms with E-state index in [2.05, 4.69) is 37.4 Å². The molecule has 1 amide bonds. The summed E-state index contributed by atoms with van der Waals surface area (Å²) in [5.74, 6) is 1.35. The van der Waals surface area contributed by atoms with Crippen LogP contribution >= 0.6 is 0 Å². The largest absolute Gasteiger partial charge is 0.475 e. The first-order chi connectivity index (χ1) is 20.2. The van der Waals surface area contributed by atoms with Gasteiger partial charge in [0.1, 0.15) is 6.61 Å². The lowest BCUT2D eigenvalue weighted by atomic mass is 9.74. The van der Waals surface area contributed by atoms with Crippen LogP contribution in [-0.2, 0) is 10.0 Å². The van der Waals surface area contributed by atoms with E-state index in [1.165, 1.54) is 25.0 Å². The second kappa shape index (κ2) is 11.9. The Balaban J connectivity index is 0.00000442. The minimum Gasteiger partial charge on any atom is -0.475 e. The molecule has 1 aliphatic heterocycles. The van der Waals surface area contributed by atoms with Crippen molar-refractivity contribution in [1.29, 1.82) is 0 Å². The molecule has 4 bridgehead atoms. The van der Waals surface area contributed by atoms with E-state index < -0.39 is 10.0 Å². The molecule has 1 aliphatic carbocycles. The summed E-state index contributed by atoms with van der Waals surface area (Å²) in [4.78, 5) is 25.4. The molecule has 2 heterocycles. The van der Waals surface area contributed by atoms with E-state index >= 15 is 0 Å². The van der Waals surface area contributed by atoms with E-state index in [0.29, 0.717) is 41.6 Å². The zero-order valence-electron chi connectivity index (χ0n) is 26.4. The van der Waals surface area contributed by atoms with Crippen molar-refractivity contribution in [3.8, 4) is 17.1 Å². The van der Waals surface area contributed by atoms with E-state index in [1.807, 2.05) is 43.9 Å². The van der Waals surface area contributed by atoms with Crippen molar-refractivity contribution in [3.05, 3.63) is 64.7 Å². The molecule has 2 aliphatic rings. The highest BCUT2D eigenvalue weighted by atomic mass is 32.2. The number of sulfonamides is 1. The van der Waals surface area contributed by atoms with Gasteiger partial charge in [0.05, 0.1) is 16.6 Å². The topological polar surface area (TPSA) is 101 Å². The molecule has 1 fully saturated rings.